The van der Waals surface area contributed by atoms with Crippen LogP contribution < -0.4 is 9.47 Å². The first-order valence-electron chi connectivity index (χ1n) is 10.6. The minimum Gasteiger partial charge on any atom is -0.493 e. The van der Waals surface area contributed by atoms with Crippen molar-refractivity contribution in [3.8, 4) is 11.5 Å². The second-order valence-corrected chi connectivity index (χ2v) is 8.44. The Hall–Kier alpha value is -2.61. The molecule has 0 aromatic heterocycles. The normalized spacial score (nSPS) is 25.0. The number of rotatable bonds is 5. The zero-order chi connectivity index (χ0) is 21.4. The third-order valence-electron chi connectivity index (χ3n) is 6.62. The number of urea groups is 1. The minimum absolute atomic E-state index is 0.120. The van der Waals surface area contributed by atoms with Gasteiger partial charge in [0.1, 0.15) is 0 Å². The van der Waals surface area contributed by atoms with E-state index in [0.717, 1.165) is 48.1 Å². The predicted molar refractivity (Wildman–Crippen MR) is 109 cm³/mol. The van der Waals surface area contributed by atoms with E-state index < -0.39 is 17.8 Å². The quantitative estimate of drug-likeness (QED) is 0.543. The molecule has 2 fully saturated rings. The number of carbonyl (C=O) groups is 3. The van der Waals surface area contributed by atoms with Gasteiger partial charge < -0.3 is 9.47 Å². The van der Waals surface area contributed by atoms with E-state index in [0.29, 0.717) is 24.6 Å². The number of hydrogen-bond acceptors (Lipinski definition) is 6. The van der Waals surface area contributed by atoms with Crippen LogP contribution in [-0.4, -0.2) is 66.0 Å². The molecule has 4 amide bonds. The first-order chi connectivity index (χ1) is 14.4. The summed E-state index contributed by atoms with van der Waals surface area (Å²) >= 11 is 0. The molecular weight excluding hydrogens is 386 g/mol. The molecule has 0 N–H and O–H groups in total. The van der Waals surface area contributed by atoms with Crippen molar-refractivity contribution >= 4 is 17.8 Å². The minimum atomic E-state index is -0.712. The van der Waals surface area contributed by atoms with Gasteiger partial charge in [-0.15, -0.1) is 0 Å². The van der Waals surface area contributed by atoms with E-state index in [-0.39, 0.29) is 18.6 Å². The van der Waals surface area contributed by atoms with E-state index in [4.69, 9.17) is 9.47 Å². The van der Waals surface area contributed by atoms with Crippen molar-refractivity contribution in [1.82, 2.24) is 14.7 Å². The molecular formula is C22H29N3O5. The van der Waals surface area contributed by atoms with E-state index in [1.54, 1.807) is 14.2 Å². The van der Waals surface area contributed by atoms with Gasteiger partial charge in [-0.05, 0) is 48.4 Å². The van der Waals surface area contributed by atoms with Gasteiger partial charge in [-0.25, -0.2) is 9.69 Å². The number of nitrogens with zero attached hydrogens (tertiary/aromatic N) is 3. The van der Waals surface area contributed by atoms with Gasteiger partial charge in [-0.3, -0.25) is 19.4 Å². The molecule has 1 aromatic carbocycles. The first kappa shape index (κ1) is 20.7. The van der Waals surface area contributed by atoms with Gasteiger partial charge in [0.2, 0.25) is 0 Å². The molecule has 2 aliphatic heterocycles. The molecule has 1 saturated heterocycles. The molecule has 30 heavy (non-hydrogen) atoms. The zero-order valence-electron chi connectivity index (χ0n) is 17.8. The number of hydrogen-bond donors (Lipinski definition) is 0. The third kappa shape index (κ3) is 3.53. The van der Waals surface area contributed by atoms with Gasteiger partial charge in [0.25, 0.3) is 0 Å². The maximum atomic E-state index is 13.0. The Balaban J connectivity index is 1.49. The number of amides is 4. The Morgan fingerprint density at radius 2 is 1.63 bits per heavy atom. The lowest BCUT2D eigenvalue weighted by atomic mass is 9.85. The lowest BCUT2D eigenvalue weighted by Gasteiger charge is -2.35. The molecule has 3 aliphatic rings. The fraction of sp³-hybridized carbons (Fsp3) is 0.591. The van der Waals surface area contributed by atoms with Gasteiger partial charge >= 0.3 is 17.8 Å². The summed E-state index contributed by atoms with van der Waals surface area (Å²) in [5.74, 6) is 0.179. The molecule has 0 bridgehead atoms. The molecule has 0 unspecified atom stereocenters. The smallest absolute Gasteiger partial charge is 0.335 e. The van der Waals surface area contributed by atoms with E-state index >= 15 is 0 Å². The van der Waals surface area contributed by atoms with Crippen LogP contribution in [0.25, 0.3) is 0 Å². The standard InChI is InChI=1S/C22H29N3O5/c1-14-6-4-5-7-17(14)25-21(27)20(26)24(22(25)28)13-23-9-8-15-10-18(29-2)19(30-3)11-16(15)12-23/h10-11,14,17H,4-9,12-13H2,1-3H3/t14-,17+/m0/s1. The third-order valence-corrected chi connectivity index (χ3v) is 6.62. The second-order valence-electron chi connectivity index (χ2n) is 8.44. The average molecular weight is 415 g/mol. The average Bonchev–Trinajstić information content (AvgIpc) is 2.96. The Morgan fingerprint density at radius 3 is 2.30 bits per heavy atom. The molecule has 2 heterocycles. The molecule has 8 nitrogen and oxygen atoms in total. The molecule has 1 aliphatic carbocycles. The van der Waals surface area contributed by atoms with E-state index in [1.165, 1.54) is 4.90 Å². The van der Waals surface area contributed by atoms with Crippen molar-refractivity contribution < 1.29 is 23.9 Å². The van der Waals surface area contributed by atoms with Crippen LogP contribution in [0.4, 0.5) is 4.79 Å². The highest BCUT2D eigenvalue weighted by atomic mass is 16.5. The molecule has 8 heteroatoms. The summed E-state index contributed by atoms with van der Waals surface area (Å²) < 4.78 is 10.8. The SMILES string of the molecule is COc1cc2c(cc1OC)CN(CN1C(=O)C(=O)N([C@@H]3CCCC[C@@H]3C)C1=O)CC2. The van der Waals surface area contributed by atoms with Crippen molar-refractivity contribution in [3.63, 3.8) is 0 Å². The Labute approximate surface area is 176 Å². The molecule has 2 atom stereocenters. The highest BCUT2D eigenvalue weighted by Crippen LogP contribution is 2.34. The second kappa shape index (κ2) is 8.26. The lowest BCUT2D eigenvalue weighted by molar-refractivity contribution is -0.145. The van der Waals surface area contributed by atoms with Gasteiger partial charge in [-0.2, -0.15) is 0 Å². The number of imide groups is 2. The van der Waals surface area contributed by atoms with Crippen LogP contribution in [0, 0.1) is 5.92 Å². The summed E-state index contributed by atoms with van der Waals surface area (Å²) in [7, 11) is 3.21. The summed E-state index contributed by atoms with van der Waals surface area (Å²) in [6, 6.07) is 3.27. The van der Waals surface area contributed by atoms with E-state index in [9.17, 15) is 14.4 Å². The van der Waals surface area contributed by atoms with Crippen LogP contribution in [0.1, 0.15) is 43.7 Å². The van der Waals surface area contributed by atoms with Crippen molar-refractivity contribution in [1.29, 1.82) is 0 Å². The Kier molecular flexibility index (Phi) is 5.69. The number of carbonyl (C=O) groups excluding carboxylic acids is 3. The number of methoxy groups -OCH3 is 2. The monoisotopic (exact) mass is 415 g/mol. The fourth-order valence-corrected chi connectivity index (χ4v) is 4.88. The molecule has 162 valence electrons. The molecule has 1 saturated carbocycles. The number of benzene rings is 1. The largest absolute Gasteiger partial charge is 0.493 e. The van der Waals surface area contributed by atoms with Crippen molar-refractivity contribution in [2.24, 2.45) is 5.92 Å². The highest BCUT2D eigenvalue weighted by molar-refractivity contribution is 6.44. The summed E-state index contributed by atoms with van der Waals surface area (Å²) in [6.07, 6.45) is 4.60. The van der Waals surface area contributed by atoms with Crippen LogP contribution in [-0.2, 0) is 22.6 Å². The van der Waals surface area contributed by atoms with Gasteiger partial charge in [0.05, 0.1) is 20.9 Å². The Morgan fingerprint density at radius 1 is 0.967 bits per heavy atom. The molecule has 0 spiro atoms. The van der Waals surface area contributed by atoms with Crippen LogP contribution in [0.5, 0.6) is 11.5 Å². The highest BCUT2D eigenvalue weighted by Gasteiger charge is 2.49. The predicted octanol–water partition coefficient (Wildman–Crippen LogP) is 2.39. The summed E-state index contributed by atoms with van der Waals surface area (Å²) in [5.41, 5.74) is 2.23. The lowest BCUT2D eigenvalue weighted by Crippen LogP contribution is -2.47. The maximum Gasteiger partial charge on any atom is 0.335 e. The molecule has 1 aromatic rings. The zero-order valence-corrected chi connectivity index (χ0v) is 17.8. The maximum absolute atomic E-state index is 13.0. The van der Waals surface area contributed by atoms with Gasteiger partial charge in [0.15, 0.2) is 11.5 Å². The van der Waals surface area contributed by atoms with Crippen LogP contribution in [0.15, 0.2) is 12.1 Å². The van der Waals surface area contributed by atoms with Gasteiger partial charge in [0, 0.05) is 19.1 Å². The summed E-state index contributed by atoms with van der Waals surface area (Å²) in [6.45, 7) is 3.43. The van der Waals surface area contributed by atoms with Crippen molar-refractivity contribution in [2.45, 2.75) is 51.6 Å². The summed E-state index contributed by atoms with van der Waals surface area (Å²) in [5, 5.41) is 0. The summed E-state index contributed by atoms with van der Waals surface area (Å²) in [4.78, 5) is 42.6. The topological polar surface area (TPSA) is 79.4 Å². The fourth-order valence-electron chi connectivity index (χ4n) is 4.88. The van der Waals surface area contributed by atoms with Gasteiger partial charge in [-0.1, -0.05) is 19.8 Å². The Bertz CT molecular complexity index is 871. The van der Waals surface area contributed by atoms with Crippen molar-refractivity contribution in [2.75, 3.05) is 27.4 Å². The van der Waals surface area contributed by atoms with Crippen LogP contribution in [0.3, 0.4) is 0 Å². The van der Waals surface area contributed by atoms with E-state index in [1.807, 2.05) is 17.0 Å². The number of fused-ring (bicyclic) bond motifs is 1. The number of ether oxygens (including phenoxy) is 2. The van der Waals surface area contributed by atoms with Crippen LogP contribution >= 0.6 is 0 Å². The molecule has 4 rings (SSSR count). The van der Waals surface area contributed by atoms with E-state index in [2.05, 4.69) is 6.92 Å². The molecule has 0 radical (unpaired) electrons. The first-order valence-corrected chi connectivity index (χ1v) is 10.6. The van der Waals surface area contributed by atoms with Crippen LogP contribution in [0.2, 0.25) is 0 Å². The van der Waals surface area contributed by atoms with Crippen molar-refractivity contribution in [3.05, 3.63) is 23.3 Å².